The number of carbonyl (C=O) groups is 2. The molecule has 0 spiro atoms. The lowest BCUT2D eigenvalue weighted by Gasteiger charge is -2.20. The van der Waals surface area contributed by atoms with Gasteiger partial charge >= 0.3 is 18.2 Å². The fourth-order valence-electron chi connectivity index (χ4n) is 1.73. The van der Waals surface area contributed by atoms with Gasteiger partial charge in [0.2, 0.25) is 0 Å². The van der Waals surface area contributed by atoms with Crippen LogP contribution in [0, 0.1) is 0 Å². The molecular weight excluding hydrogens is 315 g/mol. The summed E-state index contributed by atoms with van der Waals surface area (Å²) in [6.07, 6.45) is -6.43. The summed E-state index contributed by atoms with van der Waals surface area (Å²) in [5.41, 5.74) is -1.05. The Kier molecular flexibility index (Phi) is 5.63. The number of alkyl halides is 3. The molecule has 0 fully saturated rings. The van der Waals surface area contributed by atoms with Gasteiger partial charge in [-0.05, 0) is 38.5 Å². The molecule has 0 atom stereocenters. The van der Waals surface area contributed by atoms with Crippen LogP contribution in [0.1, 0.15) is 36.7 Å². The fourth-order valence-corrected chi connectivity index (χ4v) is 1.73. The van der Waals surface area contributed by atoms with Crippen LogP contribution in [0.4, 0.5) is 23.7 Å². The second-order valence-electron chi connectivity index (χ2n) is 5.79. The quantitative estimate of drug-likeness (QED) is 0.852. The lowest BCUT2D eigenvalue weighted by atomic mass is 10.1. The van der Waals surface area contributed by atoms with Crippen LogP contribution >= 0.6 is 0 Å². The number of halogens is 3. The number of hydrogen-bond acceptors (Lipinski definition) is 4. The summed E-state index contributed by atoms with van der Waals surface area (Å²) in [4.78, 5) is 23.5. The van der Waals surface area contributed by atoms with Crippen LogP contribution in [0.25, 0.3) is 0 Å². The summed E-state index contributed by atoms with van der Waals surface area (Å²) in [7, 11) is 1.09. The van der Waals surface area contributed by atoms with Gasteiger partial charge in [0.15, 0.2) is 0 Å². The molecule has 1 aromatic carbocycles. The zero-order valence-corrected chi connectivity index (χ0v) is 13.2. The lowest BCUT2D eigenvalue weighted by molar-refractivity contribution is -0.127. The third kappa shape index (κ3) is 6.58. The maximum absolute atomic E-state index is 12.4. The molecule has 5 nitrogen and oxygen atoms in total. The third-order valence-electron chi connectivity index (χ3n) is 2.53. The normalized spacial score (nSPS) is 11.8. The monoisotopic (exact) mass is 333 g/mol. The van der Waals surface area contributed by atoms with E-state index in [-0.39, 0.29) is 16.8 Å². The number of ether oxygens (including phenoxy) is 2. The van der Waals surface area contributed by atoms with E-state index >= 15 is 0 Å². The topological polar surface area (TPSA) is 64.6 Å². The van der Waals surface area contributed by atoms with Gasteiger partial charge < -0.3 is 9.47 Å². The second kappa shape index (κ2) is 6.89. The van der Waals surface area contributed by atoms with Gasteiger partial charge in [-0.15, -0.1) is 0 Å². The SMILES string of the molecule is COC(=O)c1cc(CC(F)(F)F)ccc1NC(=O)OC(C)(C)C. The molecule has 0 aliphatic heterocycles. The molecule has 0 aliphatic rings. The number of rotatable bonds is 3. The fraction of sp³-hybridized carbons (Fsp3) is 0.467. The zero-order chi connectivity index (χ0) is 17.8. The van der Waals surface area contributed by atoms with Gasteiger partial charge in [0.05, 0.1) is 24.8 Å². The van der Waals surface area contributed by atoms with Crippen molar-refractivity contribution in [2.24, 2.45) is 0 Å². The summed E-state index contributed by atoms with van der Waals surface area (Å²) < 4.78 is 46.9. The van der Waals surface area contributed by atoms with Gasteiger partial charge in [0.25, 0.3) is 0 Å². The lowest BCUT2D eigenvalue weighted by Crippen LogP contribution is -2.28. The molecule has 23 heavy (non-hydrogen) atoms. The average molecular weight is 333 g/mol. The van der Waals surface area contributed by atoms with Crippen LogP contribution in [0.15, 0.2) is 18.2 Å². The number of nitrogens with one attached hydrogen (secondary N) is 1. The Hall–Kier alpha value is -2.25. The van der Waals surface area contributed by atoms with E-state index < -0.39 is 30.3 Å². The Labute approximate surface area is 131 Å². The van der Waals surface area contributed by atoms with E-state index in [1.165, 1.54) is 12.1 Å². The minimum Gasteiger partial charge on any atom is -0.465 e. The number of anilines is 1. The Morgan fingerprint density at radius 2 is 1.78 bits per heavy atom. The Balaban J connectivity index is 3.07. The Morgan fingerprint density at radius 1 is 1.17 bits per heavy atom. The minimum absolute atomic E-state index is 0.0111. The van der Waals surface area contributed by atoms with Crippen LogP contribution in [0.2, 0.25) is 0 Å². The van der Waals surface area contributed by atoms with E-state index in [1.54, 1.807) is 20.8 Å². The molecule has 8 heteroatoms. The first-order chi connectivity index (χ1) is 10.4. The van der Waals surface area contributed by atoms with Gasteiger partial charge in [0, 0.05) is 0 Å². The van der Waals surface area contributed by atoms with Crippen LogP contribution < -0.4 is 5.32 Å². The van der Waals surface area contributed by atoms with E-state index in [0.717, 1.165) is 13.2 Å². The van der Waals surface area contributed by atoms with Crippen molar-refractivity contribution in [3.05, 3.63) is 29.3 Å². The van der Waals surface area contributed by atoms with E-state index in [1.807, 2.05) is 0 Å². The number of methoxy groups -OCH3 is 1. The zero-order valence-electron chi connectivity index (χ0n) is 13.2. The largest absolute Gasteiger partial charge is 0.465 e. The predicted molar refractivity (Wildman–Crippen MR) is 77.4 cm³/mol. The van der Waals surface area contributed by atoms with Crippen molar-refractivity contribution >= 4 is 17.7 Å². The molecule has 0 saturated heterocycles. The highest BCUT2D eigenvalue weighted by Crippen LogP contribution is 2.25. The molecule has 1 rings (SSSR count). The second-order valence-corrected chi connectivity index (χ2v) is 5.79. The highest BCUT2D eigenvalue weighted by atomic mass is 19.4. The summed E-state index contributed by atoms with van der Waals surface area (Å²) >= 11 is 0. The molecule has 128 valence electrons. The van der Waals surface area contributed by atoms with Crippen molar-refractivity contribution < 1.29 is 32.2 Å². The smallest absolute Gasteiger partial charge is 0.412 e. The van der Waals surface area contributed by atoms with Crippen LogP contribution in [-0.4, -0.2) is 30.9 Å². The molecule has 1 N–H and O–H groups in total. The van der Waals surface area contributed by atoms with E-state index in [4.69, 9.17) is 4.74 Å². The summed E-state index contributed by atoms with van der Waals surface area (Å²) in [5, 5.41) is 2.33. The average Bonchev–Trinajstić information content (AvgIpc) is 2.35. The van der Waals surface area contributed by atoms with Crippen molar-refractivity contribution in [1.82, 2.24) is 0 Å². The van der Waals surface area contributed by atoms with Gasteiger partial charge in [-0.2, -0.15) is 13.2 Å². The first-order valence-electron chi connectivity index (χ1n) is 6.69. The van der Waals surface area contributed by atoms with Crippen molar-refractivity contribution in [2.45, 2.75) is 39.0 Å². The highest BCUT2D eigenvalue weighted by Gasteiger charge is 2.28. The molecule has 0 heterocycles. The predicted octanol–water partition coefficient (Wildman–Crippen LogP) is 3.93. The number of amides is 1. The molecule has 0 bridgehead atoms. The first-order valence-corrected chi connectivity index (χ1v) is 6.69. The molecule has 0 aromatic heterocycles. The van der Waals surface area contributed by atoms with Crippen molar-refractivity contribution in [3.63, 3.8) is 0 Å². The number of hydrogen-bond donors (Lipinski definition) is 1. The first kappa shape index (κ1) is 18.8. The van der Waals surface area contributed by atoms with E-state index in [0.29, 0.717) is 0 Å². The molecule has 0 saturated carbocycles. The molecule has 0 radical (unpaired) electrons. The highest BCUT2D eigenvalue weighted by molar-refractivity contribution is 5.99. The van der Waals surface area contributed by atoms with Gasteiger partial charge in [-0.1, -0.05) is 6.07 Å². The maximum atomic E-state index is 12.4. The van der Waals surface area contributed by atoms with E-state index in [9.17, 15) is 22.8 Å². The van der Waals surface area contributed by atoms with Gasteiger partial charge in [-0.25, -0.2) is 9.59 Å². The van der Waals surface area contributed by atoms with Crippen LogP contribution in [0.3, 0.4) is 0 Å². The van der Waals surface area contributed by atoms with Crippen molar-refractivity contribution in [1.29, 1.82) is 0 Å². The van der Waals surface area contributed by atoms with E-state index in [2.05, 4.69) is 10.1 Å². The summed E-state index contributed by atoms with van der Waals surface area (Å²) in [6, 6.07) is 3.41. The molecule has 0 unspecified atom stereocenters. The molecule has 1 amide bonds. The summed E-state index contributed by atoms with van der Waals surface area (Å²) in [6.45, 7) is 4.96. The Bertz CT molecular complexity index is 591. The molecule has 1 aromatic rings. The van der Waals surface area contributed by atoms with Gasteiger partial charge in [-0.3, -0.25) is 5.32 Å². The standard InChI is InChI=1S/C15H18F3NO4/c1-14(2,3)23-13(21)19-11-6-5-9(8-15(16,17)18)7-10(11)12(20)22-4/h5-7H,8H2,1-4H3,(H,19,21). The van der Waals surface area contributed by atoms with Crippen LogP contribution in [0.5, 0.6) is 0 Å². The van der Waals surface area contributed by atoms with Crippen molar-refractivity contribution in [3.8, 4) is 0 Å². The Morgan fingerprint density at radius 3 is 2.26 bits per heavy atom. The number of esters is 1. The number of carbonyl (C=O) groups excluding carboxylic acids is 2. The summed E-state index contributed by atoms with van der Waals surface area (Å²) in [5.74, 6) is -0.861. The number of benzene rings is 1. The maximum Gasteiger partial charge on any atom is 0.412 e. The van der Waals surface area contributed by atoms with Crippen molar-refractivity contribution in [2.75, 3.05) is 12.4 Å². The molecular formula is C15H18F3NO4. The van der Waals surface area contributed by atoms with Crippen LogP contribution in [-0.2, 0) is 15.9 Å². The minimum atomic E-state index is -4.41. The van der Waals surface area contributed by atoms with Gasteiger partial charge in [0.1, 0.15) is 5.60 Å². The third-order valence-corrected chi connectivity index (χ3v) is 2.53. The molecule has 0 aliphatic carbocycles.